The van der Waals surface area contributed by atoms with Crippen LogP contribution in [0.4, 0.5) is 9.93 Å². The first kappa shape index (κ1) is 25.3. The number of nitrogen functional groups attached to an aromatic ring is 1. The molecule has 1 fully saturated rings. The van der Waals surface area contributed by atoms with Crippen molar-refractivity contribution in [2.45, 2.75) is 11.4 Å². The molecule has 3 N–H and O–H groups in total. The molecule has 2 atom stereocenters. The summed E-state index contributed by atoms with van der Waals surface area (Å²) in [6, 6.07) is -0.950. The van der Waals surface area contributed by atoms with Gasteiger partial charge in [0.05, 0.1) is 13.7 Å². The van der Waals surface area contributed by atoms with Gasteiger partial charge in [-0.25, -0.2) is 14.6 Å². The molecule has 1 aromatic rings. The number of aromatic nitrogens is 1. The Balaban J connectivity index is 1.74. The number of anilines is 1. The number of esters is 1. The van der Waals surface area contributed by atoms with Crippen molar-refractivity contribution in [2.24, 2.45) is 5.16 Å². The van der Waals surface area contributed by atoms with Crippen LogP contribution in [0.25, 0.3) is 0 Å². The van der Waals surface area contributed by atoms with E-state index in [1.807, 2.05) is 0 Å². The third-order valence-corrected chi connectivity index (χ3v) is 6.55. The zero-order valence-corrected chi connectivity index (χ0v) is 19.9. The minimum absolute atomic E-state index is 0.0346. The fraction of sp³-hybridized carbons (Fsp3) is 0.444. The number of rotatable bonds is 9. The molecule has 3 heterocycles. The average Bonchev–Trinajstić information content (AvgIpc) is 3.26. The lowest BCUT2D eigenvalue weighted by Gasteiger charge is -2.49. The quantitative estimate of drug-likeness (QED) is 0.144. The first-order valence-corrected chi connectivity index (χ1v) is 11.4. The second kappa shape index (κ2) is 11.2. The molecule has 0 aliphatic carbocycles. The van der Waals surface area contributed by atoms with Gasteiger partial charge in [-0.05, 0) is 5.57 Å². The molecule has 0 saturated carbocycles. The van der Waals surface area contributed by atoms with E-state index in [-0.39, 0.29) is 28.8 Å². The van der Waals surface area contributed by atoms with Crippen LogP contribution in [0.1, 0.15) is 5.69 Å². The van der Waals surface area contributed by atoms with Crippen molar-refractivity contribution in [3.63, 3.8) is 0 Å². The third kappa shape index (κ3) is 5.23. The monoisotopic (exact) mass is 515 g/mol. The topological polar surface area (TPSA) is 181 Å². The van der Waals surface area contributed by atoms with Crippen LogP contribution >= 0.6 is 23.1 Å². The van der Waals surface area contributed by atoms with E-state index >= 15 is 0 Å². The summed E-state index contributed by atoms with van der Waals surface area (Å²) in [6.07, 6.45) is -1.03. The number of thioether (sulfide) groups is 1. The van der Waals surface area contributed by atoms with Crippen LogP contribution in [0.15, 0.2) is 21.8 Å². The lowest BCUT2D eigenvalue weighted by atomic mass is 10.0. The van der Waals surface area contributed by atoms with Crippen LogP contribution in [-0.4, -0.2) is 91.4 Å². The van der Waals surface area contributed by atoms with E-state index in [4.69, 9.17) is 20.0 Å². The lowest BCUT2D eigenvalue weighted by Crippen LogP contribution is -2.71. The molecule has 1 unspecified atom stereocenters. The molecule has 1 aromatic heterocycles. The molecule has 0 radical (unpaired) electrons. The van der Waals surface area contributed by atoms with Crippen molar-refractivity contribution < 1.29 is 43.0 Å². The number of fused-ring (bicyclic) bond motifs is 1. The number of hydrogen-bond acceptors (Lipinski definition) is 14. The van der Waals surface area contributed by atoms with Gasteiger partial charge >= 0.3 is 12.1 Å². The van der Waals surface area contributed by atoms with Gasteiger partial charge in [-0.1, -0.05) is 5.16 Å². The van der Waals surface area contributed by atoms with Gasteiger partial charge < -0.3 is 34.8 Å². The Morgan fingerprint density at radius 1 is 1.29 bits per heavy atom. The Bertz CT molecular complexity index is 1040. The molecule has 2 amide bonds. The zero-order chi connectivity index (χ0) is 24.8. The molecule has 1 saturated heterocycles. The Labute approximate surface area is 201 Å². The van der Waals surface area contributed by atoms with E-state index in [2.05, 4.69) is 24.9 Å². The highest BCUT2D eigenvalue weighted by atomic mass is 32.2. The highest BCUT2D eigenvalue weighted by Gasteiger charge is 2.54. The first-order chi connectivity index (χ1) is 16.3. The predicted molar refractivity (Wildman–Crippen MR) is 118 cm³/mol. The normalized spacial score (nSPS) is 19.7. The summed E-state index contributed by atoms with van der Waals surface area (Å²) in [7, 11) is 3.81. The lowest BCUT2D eigenvalue weighted by molar-refractivity contribution is -0.157. The fourth-order valence-electron chi connectivity index (χ4n) is 3.12. The smallest absolute Gasteiger partial charge is 0.438 e. The number of β-lactam (4-membered cyclic amide) rings is 1. The summed E-state index contributed by atoms with van der Waals surface area (Å²) in [5, 5.41) is 7.46. The summed E-state index contributed by atoms with van der Waals surface area (Å²) in [4.78, 5) is 59.5. The highest BCUT2D eigenvalue weighted by Crippen LogP contribution is 2.40. The molecule has 34 heavy (non-hydrogen) atoms. The molecule has 184 valence electrons. The van der Waals surface area contributed by atoms with E-state index in [1.54, 1.807) is 0 Å². The number of nitrogens with zero attached hydrogens (tertiary/aromatic N) is 3. The van der Waals surface area contributed by atoms with Gasteiger partial charge in [0.25, 0.3) is 11.8 Å². The molecule has 0 bridgehead atoms. The summed E-state index contributed by atoms with van der Waals surface area (Å²) in [5.74, 6) is -1.81. The average molecular weight is 516 g/mol. The fourth-order valence-corrected chi connectivity index (χ4v) is 4.99. The van der Waals surface area contributed by atoms with Crippen molar-refractivity contribution in [2.75, 3.05) is 46.2 Å². The maximum absolute atomic E-state index is 13.0. The van der Waals surface area contributed by atoms with Gasteiger partial charge in [-0.3, -0.25) is 14.5 Å². The van der Waals surface area contributed by atoms with E-state index in [1.165, 1.54) is 36.3 Å². The van der Waals surface area contributed by atoms with Gasteiger partial charge in [-0.15, -0.1) is 23.1 Å². The van der Waals surface area contributed by atoms with Gasteiger partial charge in [0.15, 0.2) is 10.8 Å². The summed E-state index contributed by atoms with van der Waals surface area (Å²) in [5.41, 5.74) is 6.13. The molecular weight excluding hydrogens is 494 g/mol. The van der Waals surface area contributed by atoms with Gasteiger partial charge in [-0.2, -0.15) is 0 Å². The molecule has 14 nitrogen and oxygen atoms in total. The van der Waals surface area contributed by atoms with Crippen LogP contribution in [0, 0.1) is 0 Å². The molecule has 2 aliphatic rings. The van der Waals surface area contributed by atoms with Crippen LogP contribution in [0.5, 0.6) is 0 Å². The predicted octanol–water partition coefficient (Wildman–Crippen LogP) is -0.340. The minimum atomic E-state index is -1.03. The molecule has 3 rings (SSSR count). The second-order valence-electron chi connectivity index (χ2n) is 6.59. The van der Waals surface area contributed by atoms with E-state index < -0.39 is 42.1 Å². The van der Waals surface area contributed by atoms with Gasteiger partial charge in [0, 0.05) is 18.2 Å². The highest BCUT2D eigenvalue weighted by molar-refractivity contribution is 8.00. The third-order valence-electron chi connectivity index (χ3n) is 4.54. The van der Waals surface area contributed by atoms with E-state index in [9.17, 15) is 19.2 Å². The zero-order valence-electron chi connectivity index (χ0n) is 18.3. The molecule has 0 spiro atoms. The Morgan fingerprint density at radius 3 is 2.68 bits per heavy atom. The van der Waals surface area contributed by atoms with E-state index in [0.29, 0.717) is 11.3 Å². The number of nitrogens with one attached hydrogen (secondary N) is 1. The number of thiazole rings is 1. The SMILES string of the molecule is COCC1=C(C(=O)OCOC(=O)OC)N2C(=O)C(NC(=O)C(=NOC)c3csc(N)n3)[C@H]2SC1. The number of carbonyl (C=O) groups is 4. The van der Waals surface area contributed by atoms with Crippen LogP contribution in [0.3, 0.4) is 0 Å². The largest absolute Gasteiger partial charge is 0.510 e. The van der Waals surface area contributed by atoms with E-state index in [0.717, 1.165) is 18.4 Å². The van der Waals surface area contributed by atoms with Crippen molar-refractivity contribution in [3.8, 4) is 0 Å². The maximum Gasteiger partial charge on any atom is 0.510 e. The van der Waals surface area contributed by atoms with Crippen molar-refractivity contribution in [1.29, 1.82) is 0 Å². The molecule has 0 aromatic carbocycles. The number of ether oxygens (including phenoxy) is 4. The Morgan fingerprint density at radius 2 is 2.06 bits per heavy atom. The number of oxime groups is 1. The number of nitrogens with two attached hydrogens (primary N) is 1. The minimum Gasteiger partial charge on any atom is -0.438 e. The van der Waals surface area contributed by atoms with Crippen molar-refractivity contribution in [3.05, 3.63) is 22.3 Å². The van der Waals surface area contributed by atoms with Gasteiger partial charge in [0.1, 0.15) is 29.9 Å². The molecule has 16 heteroatoms. The molecule has 2 aliphatic heterocycles. The first-order valence-electron chi connectivity index (χ1n) is 9.49. The summed E-state index contributed by atoms with van der Waals surface area (Å²) < 4.78 is 18.9. The maximum atomic E-state index is 13.0. The summed E-state index contributed by atoms with van der Waals surface area (Å²) in [6.45, 7) is -0.637. The standard InChI is InChI=1S/C18H21N5O9S2/c1-28-4-8-5-33-15-11(21-13(24)10(22-30-3)9-6-34-17(19)20-9)14(25)23(15)12(8)16(26)31-7-32-18(27)29-2/h6,11,15H,4-5,7H2,1-3H3,(H2,19,20)(H,21,24)/t11?,15-/m1/s1. The number of hydrogen-bond donors (Lipinski definition) is 2. The Kier molecular flexibility index (Phi) is 8.30. The number of carbonyl (C=O) groups excluding carboxylic acids is 4. The molecular formula is C18H21N5O9S2. The van der Waals surface area contributed by atoms with Crippen molar-refractivity contribution in [1.82, 2.24) is 15.2 Å². The van der Waals surface area contributed by atoms with Gasteiger partial charge in [0.2, 0.25) is 6.79 Å². The summed E-state index contributed by atoms with van der Waals surface area (Å²) >= 11 is 2.44. The van der Waals surface area contributed by atoms with Crippen LogP contribution in [0.2, 0.25) is 0 Å². The van der Waals surface area contributed by atoms with Crippen molar-refractivity contribution >= 4 is 57.9 Å². The van der Waals surface area contributed by atoms with Crippen LogP contribution < -0.4 is 11.1 Å². The Hall–Kier alpha value is -3.37. The van der Waals surface area contributed by atoms with Crippen LogP contribution in [-0.2, 0) is 38.2 Å². The number of amides is 2. The second-order valence-corrected chi connectivity index (χ2v) is 8.58. The number of methoxy groups -OCH3 is 2.